The molecular weight excluding hydrogens is 530 g/mol. The molecule has 0 aromatic heterocycles. The molecule has 3 aliphatic rings. The molecule has 2 aromatic carbocycles. The normalized spacial score (nSPS) is 31.1. The summed E-state index contributed by atoms with van der Waals surface area (Å²) in [7, 11) is 1.53. The zero-order valence-electron chi connectivity index (χ0n) is 16.5. The van der Waals surface area contributed by atoms with Gasteiger partial charge in [0.1, 0.15) is 11.5 Å². The fourth-order valence-corrected chi connectivity index (χ4v) is 7.06. The van der Waals surface area contributed by atoms with E-state index in [0.717, 1.165) is 6.42 Å². The topological polar surface area (TPSA) is 72.9 Å². The largest absolute Gasteiger partial charge is 0.497 e. The predicted octanol–water partition coefficient (Wildman–Crippen LogP) is 4.20. The SMILES string of the molecule is COc1cccc(C(=O)Oc2ccc(N3C(=O)[C@@H]4[C@@H]5C[C@H]([C@H](Br)[C@@H]5Br)[C@@H]4C3=O)cc2)c1. The number of rotatable bonds is 4. The number of alkyl halides is 2. The Morgan fingerprint density at radius 2 is 1.55 bits per heavy atom. The summed E-state index contributed by atoms with van der Waals surface area (Å²) < 4.78 is 10.6. The summed E-state index contributed by atoms with van der Waals surface area (Å²) in [5, 5.41) is 0. The molecule has 1 aliphatic heterocycles. The van der Waals surface area contributed by atoms with E-state index >= 15 is 0 Å². The van der Waals surface area contributed by atoms with Crippen LogP contribution in [0.5, 0.6) is 11.5 Å². The lowest BCUT2D eigenvalue weighted by Crippen LogP contribution is -2.37. The Morgan fingerprint density at radius 3 is 2.13 bits per heavy atom. The van der Waals surface area contributed by atoms with Gasteiger partial charge in [0.15, 0.2) is 0 Å². The summed E-state index contributed by atoms with van der Waals surface area (Å²) in [6.07, 6.45) is 0.894. The molecule has 8 heteroatoms. The van der Waals surface area contributed by atoms with Gasteiger partial charge in [-0.05, 0) is 60.7 Å². The quantitative estimate of drug-likeness (QED) is 0.248. The number of hydrogen-bond donors (Lipinski definition) is 0. The number of halogens is 2. The van der Waals surface area contributed by atoms with E-state index in [-0.39, 0.29) is 45.1 Å². The molecule has 0 radical (unpaired) electrons. The molecule has 2 amide bonds. The number of hydrogen-bond acceptors (Lipinski definition) is 5. The lowest BCUT2D eigenvalue weighted by molar-refractivity contribution is -0.123. The van der Waals surface area contributed by atoms with Crippen molar-refractivity contribution in [3.8, 4) is 11.5 Å². The fraction of sp³-hybridized carbons (Fsp3) is 0.348. The van der Waals surface area contributed by atoms with Gasteiger partial charge in [-0.15, -0.1) is 0 Å². The van der Waals surface area contributed by atoms with E-state index in [1.807, 2.05) is 0 Å². The van der Waals surface area contributed by atoms with Crippen molar-refractivity contribution in [3.63, 3.8) is 0 Å². The highest BCUT2D eigenvalue weighted by molar-refractivity contribution is 9.12. The first kappa shape index (κ1) is 20.7. The zero-order valence-corrected chi connectivity index (χ0v) is 19.7. The monoisotopic (exact) mass is 547 g/mol. The summed E-state index contributed by atoms with van der Waals surface area (Å²) in [6, 6.07) is 13.2. The third-order valence-electron chi connectivity index (χ3n) is 6.60. The minimum absolute atomic E-state index is 0.132. The van der Waals surface area contributed by atoms with E-state index in [4.69, 9.17) is 9.47 Å². The number of esters is 1. The second-order valence-corrected chi connectivity index (χ2v) is 10.2. The Bertz CT molecular complexity index is 1040. The van der Waals surface area contributed by atoms with Gasteiger partial charge >= 0.3 is 5.97 Å². The van der Waals surface area contributed by atoms with Crippen LogP contribution in [0.25, 0.3) is 0 Å². The fourth-order valence-electron chi connectivity index (χ4n) is 5.18. The molecule has 1 saturated heterocycles. The molecule has 0 unspecified atom stereocenters. The van der Waals surface area contributed by atoms with Gasteiger partial charge < -0.3 is 9.47 Å². The van der Waals surface area contributed by atoms with E-state index in [1.165, 1.54) is 12.0 Å². The van der Waals surface area contributed by atoms with Crippen molar-refractivity contribution in [2.45, 2.75) is 16.1 Å². The first-order chi connectivity index (χ1) is 14.9. The average molecular weight is 549 g/mol. The van der Waals surface area contributed by atoms with E-state index < -0.39 is 5.97 Å². The number of nitrogens with zero attached hydrogens (tertiary/aromatic N) is 1. The summed E-state index contributed by atoms with van der Waals surface area (Å²) in [6.45, 7) is 0. The van der Waals surface area contributed by atoms with Crippen LogP contribution in [0.4, 0.5) is 5.69 Å². The van der Waals surface area contributed by atoms with Crippen LogP contribution in [0, 0.1) is 23.7 Å². The van der Waals surface area contributed by atoms with Crippen LogP contribution in [0.1, 0.15) is 16.8 Å². The van der Waals surface area contributed by atoms with Crippen LogP contribution in [-0.2, 0) is 9.59 Å². The number of carbonyl (C=O) groups is 3. The average Bonchev–Trinajstić information content (AvgIpc) is 3.39. The van der Waals surface area contributed by atoms with Crippen LogP contribution in [-0.4, -0.2) is 34.5 Å². The standard InChI is InChI=1S/C23H19Br2NO5/c1-30-14-4-2-3-11(9-14)23(29)31-13-7-5-12(6-8-13)26-21(27)17-15-10-16(18(17)22(26)28)20(25)19(15)24/h2-9,15-20H,10H2,1H3/t15-,16-,17-,18+,19-,20+/m0/s1. The van der Waals surface area contributed by atoms with Crippen molar-refractivity contribution in [2.75, 3.05) is 12.0 Å². The van der Waals surface area contributed by atoms with Crippen molar-refractivity contribution in [1.29, 1.82) is 0 Å². The van der Waals surface area contributed by atoms with E-state index in [0.29, 0.717) is 22.7 Å². The van der Waals surface area contributed by atoms with Crippen molar-refractivity contribution in [2.24, 2.45) is 23.7 Å². The molecule has 2 aliphatic carbocycles. The lowest BCUT2D eigenvalue weighted by atomic mass is 9.81. The van der Waals surface area contributed by atoms with Crippen LogP contribution in [0.2, 0.25) is 0 Å². The summed E-state index contributed by atoms with van der Waals surface area (Å²) in [5.41, 5.74) is 0.868. The van der Waals surface area contributed by atoms with Gasteiger partial charge in [0, 0.05) is 9.65 Å². The number of imide groups is 1. The smallest absolute Gasteiger partial charge is 0.343 e. The number of anilines is 1. The molecule has 2 saturated carbocycles. The van der Waals surface area contributed by atoms with Crippen LogP contribution in [0.3, 0.4) is 0 Å². The Hall–Kier alpha value is -2.19. The molecule has 6 nitrogen and oxygen atoms in total. The van der Waals surface area contributed by atoms with Gasteiger partial charge in [-0.2, -0.15) is 0 Å². The molecule has 6 atom stereocenters. The third-order valence-corrected chi connectivity index (χ3v) is 9.80. The number of ether oxygens (including phenoxy) is 2. The first-order valence-electron chi connectivity index (χ1n) is 10.0. The minimum Gasteiger partial charge on any atom is -0.497 e. The molecule has 0 spiro atoms. The molecule has 160 valence electrons. The maximum absolute atomic E-state index is 13.1. The molecular formula is C23H19Br2NO5. The number of methoxy groups -OCH3 is 1. The van der Waals surface area contributed by atoms with Crippen LogP contribution in [0.15, 0.2) is 48.5 Å². The van der Waals surface area contributed by atoms with Gasteiger partial charge in [-0.3, -0.25) is 14.5 Å². The second kappa shape index (κ2) is 7.74. The molecule has 3 fully saturated rings. The Balaban J connectivity index is 1.33. The zero-order chi connectivity index (χ0) is 21.9. The molecule has 5 rings (SSSR count). The highest BCUT2D eigenvalue weighted by Gasteiger charge is 2.66. The second-order valence-electron chi connectivity index (χ2n) is 8.13. The molecule has 2 bridgehead atoms. The van der Waals surface area contributed by atoms with E-state index in [2.05, 4.69) is 31.9 Å². The Kier molecular flexibility index (Phi) is 5.17. The van der Waals surface area contributed by atoms with Crippen molar-refractivity contribution in [1.82, 2.24) is 0 Å². The summed E-state index contributed by atoms with van der Waals surface area (Å²) in [5.74, 6) is -0.0724. The summed E-state index contributed by atoms with van der Waals surface area (Å²) >= 11 is 7.39. The maximum atomic E-state index is 13.1. The van der Waals surface area contributed by atoms with Crippen LogP contribution < -0.4 is 14.4 Å². The van der Waals surface area contributed by atoms with Crippen molar-refractivity contribution in [3.05, 3.63) is 54.1 Å². The third kappa shape index (κ3) is 3.22. The van der Waals surface area contributed by atoms with Crippen molar-refractivity contribution < 1.29 is 23.9 Å². The molecule has 1 heterocycles. The van der Waals surface area contributed by atoms with Gasteiger partial charge in [0.05, 0.1) is 30.2 Å². The van der Waals surface area contributed by atoms with Gasteiger partial charge in [0.25, 0.3) is 0 Å². The minimum atomic E-state index is -0.516. The number of fused-ring (bicyclic) bond motifs is 5. The molecule has 2 aromatic rings. The highest BCUT2D eigenvalue weighted by Crippen LogP contribution is 2.60. The Labute approximate surface area is 196 Å². The van der Waals surface area contributed by atoms with Crippen molar-refractivity contribution >= 4 is 55.3 Å². The van der Waals surface area contributed by atoms with Crippen LogP contribution >= 0.6 is 31.9 Å². The van der Waals surface area contributed by atoms with Gasteiger partial charge in [-0.25, -0.2) is 4.79 Å². The first-order valence-corrected chi connectivity index (χ1v) is 11.9. The lowest BCUT2D eigenvalue weighted by Gasteiger charge is -2.28. The Morgan fingerprint density at radius 1 is 0.935 bits per heavy atom. The predicted molar refractivity (Wildman–Crippen MR) is 121 cm³/mol. The number of carbonyl (C=O) groups excluding carboxylic acids is 3. The maximum Gasteiger partial charge on any atom is 0.343 e. The summed E-state index contributed by atoms with van der Waals surface area (Å²) in [4.78, 5) is 40.3. The molecule has 31 heavy (non-hydrogen) atoms. The van der Waals surface area contributed by atoms with E-state index in [9.17, 15) is 14.4 Å². The molecule has 0 N–H and O–H groups in total. The van der Waals surface area contributed by atoms with Gasteiger partial charge in [-0.1, -0.05) is 37.9 Å². The number of amides is 2. The highest BCUT2D eigenvalue weighted by atomic mass is 79.9. The van der Waals surface area contributed by atoms with Gasteiger partial charge in [0.2, 0.25) is 11.8 Å². The number of benzene rings is 2. The van der Waals surface area contributed by atoms with E-state index in [1.54, 1.807) is 48.5 Å².